The maximum absolute atomic E-state index is 12.7. The van der Waals surface area contributed by atoms with E-state index in [1.54, 1.807) is 18.2 Å². The third-order valence-electron chi connectivity index (χ3n) is 3.83. The van der Waals surface area contributed by atoms with E-state index in [1.165, 1.54) is 18.2 Å². The number of benzene rings is 3. The second kappa shape index (κ2) is 5.13. The first-order valence-corrected chi connectivity index (χ1v) is 8.52. The van der Waals surface area contributed by atoms with Gasteiger partial charge in [0.05, 0.1) is 5.39 Å². The van der Waals surface area contributed by atoms with E-state index in [-0.39, 0.29) is 11.0 Å². The largest absolute Gasteiger partial charge is 0.534 e. The lowest BCUT2D eigenvalue weighted by Crippen LogP contribution is -2.28. The van der Waals surface area contributed by atoms with E-state index >= 15 is 0 Å². The van der Waals surface area contributed by atoms with Gasteiger partial charge in [-0.2, -0.15) is 21.6 Å². The molecule has 1 heterocycles. The van der Waals surface area contributed by atoms with Gasteiger partial charge in [-0.05, 0) is 29.0 Å². The summed E-state index contributed by atoms with van der Waals surface area (Å²) in [5.41, 5.74) is -4.85. The molecule has 4 rings (SSSR count). The molecule has 0 amide bonds. The van der Waals surface area contributed by atoms with Crippen molar-refractivity contribution in [3.63, 3.8) is 0 Å². The zero-order chi connectivity index (χ0) is 17.8. The molecule has 25 heavy (non-hydrogen) atoms. The van der Waals surface area contributed by atoms with Crippen molar-refractivity contribution in [3.8, 4) is 5.75 Å². The molecule has 0 fully saturated rings. The van der Waals surface area contributed by atoms with Crippen LogP contribution in [0, 0.1) is 0 Å². The summed E-state index contributed by atoms with van der Waals surface area (Å²) >= 11 is 0. The summed E-state index contributed by atoms with van der Waals surface area (Å²) in [5, 5.41) is 2.24. The molecule has 0 unspecified atom stereocenters. The van der Waals surface area contributed by atoms with Crippen LogP contribution in [0.15, 0.2) is 59.0 Å². The summed E-state index contributed by atoms with van der Waals surface area (Å²) in [4.78, 5) is 0. The normalized spacial score (nSPS) is 12.9. The van der Waals surface area contributed by atoms with Gasteiger partial charge >= 0.3 is 15.6 Å². The van der Waals surface area contributed by atoms with E-state index in [0.717, 1.165) is 10.8 Å². The van der Waals surface area contributed by atoms with E-state index in [4.69, 9.17) is 4.42 Å². The van der Waals surface area contributed by atoms with Crippen LogP contribution >= 0.6 is 0 Å². The minimum absolute atomic E-state index is 0.183. The fourth-order valence-electron chi connectivity index (χ4n) is 2.79. The number of halogens is 3. The van der Waals surface area contributed by atoms with Crippen molar-refractivity contribution in [1.29, 1.82) is 0 Å². The van der Waals surface area contributed by atoms with Crippen LogP contribution in [0.25, 0.3) is 32.7 Å². The van der Waals surface area contributed by atoms with Crippen molar-refractivity contribution in [2.75, 3.05) is 0 Å². The summed E-state index contributed by atoms with van der Waals surface area (Å²) in [6.45, 7) is 0. The van der Waals surface area contributed by atoms with Gasteiger partial charge in [-0.25, -0.2) is 0 Å². The second-order valence-corrected chi connectivity index (χ2v) is 6.91. The van der Waals surface area contributed by atoms with Gasteiger partial charge < -0.3 is 8.60 Å². The van der Waals surface area contributed by atoms with Gasteiger partial charge in [-0.1, -0.05) is 36.4 Å². The Kier molecular flexibility index (Phi) is 3.23. The van der Waals surface area contributed by atoms with Crippen LogP contribution in [0.1, 0.15) is 0 Å². The number of furan rings is 1. The minimum atomic E-state index is -5.78. The van der Waals surface area contributed by atoms with E-state index in [1.807, 2.05) is 18.2 Å². The first-order chi connectivity index (χ1) is 11.8. The number of alkyl halides is 3. The van der Waals surface area contributed by atoms with E-state index < -0.39 is 21.4 Å². The molecular formula is C17H9F3O4S. The lowest BCUT2D eigenvalue weighted by atomic mass is 10.0. The quantitative estimate of drug-likeness (QED) is 0.371. The molecular weight excluding hydrogens is 357 g/mol. The van der Waals surface area contributed by atoms with Gasteiger partial charge in [0.25, 0.3) is 0 Å². The molecule has 0 aliphatic carbocycles. The molecule has 3 aromatic carbocycles. The van der Waals surface area contributed by atoms with Crippen molar-refractivity contribution in [3.05, 3.63) is 54.6 Å². The molecule has 0 spiro atoms. The smallest absolute Gasteiger partial charge is 0.456 e. The van der Waals surface area contributed by atoms with Crippen LogP contribution in [0.4, 0.5) is 13.2 Å². The molecule has 128 valence electrons. The average Bonchev–Trinajstić information content (AvgIpc) is 2.93. The molecule has 8 heteroatoms. The van der Waals surface area contributed by atoms with Crippen LogP contribution < -0.4 is 4.18 Å². The minimum Gasteiger partial charge on any atom is -0.456 e. The maximum Gasteiger partial charge on any atom is 0.534 e. The Hall–Kier alpha value is -2.74. The SMILES string of the molecule is O=S(=O)(Oc1cccc2oc3ccc4ccccc4c3c12)C(F)(F)F. The molecule has 4 nitrogen and oxygen atoms in total. The second-order valence-electron chi connectivity index (χ2n) is 5.37. The van der Waals surface area contributed by atoms with Crippen LogP contribution in [-0.4, -0.2) is 13.9 Å². The van der Waals surface area contributed by atoms with Crippen molar-refractivity contribution in [1.82, 2.24) is 0 Å². The lowest BCUT2D eigenvalue weighted by Gasteiger charge is -2.10. The molecule has 0 saturated heterocycles. The van der Waals surface area contributed by atoms with Crippen LogP contribution in [-0.2, 0) is 10.1 Å². The Morgan fingerprint density at radius 3 is 2.32 bits per heavy atom. The van der Waals surface area contributed by atoms with Gasteiger partial charge in [0, 0.05) is 5.39 Å². The van der Waals surface area contributed by atoms with Crippen LogP contribution in [0.5, 0.6) is 5.75 Å². The predicted octanol–water partition coefficient (Wildman–Crippen LogP) is 4.97. The highest BCUT2D eigenvalue weighted by atomic mass is 32.2. The van der Waals surface area contributed by atoms with Gasteiger partial charge in [0.15, 0.2) is 5.75 Å². The van der Waals surface area contributed by atoms with Crippen molar-refractivity contribution >= 4 is 42.8 Å². The number of fused-ring (bicyclic) bond motifs is 5. The molecule has 0 atom stereocenters. The first kappa shape index (κ1) is 15.8. The summed E-state index contributed by atoms with van der Waals surface area (Å²) in [5.74, 6) is -0.426. The van der Waals surface area contributed by atoms with Crippen molar-refractivity contribution < 1.29 is 30.2 Å². The standard InChI is InChI=1S/C17H9F3O4S/c18-17(19,20)25(21,22)24-14-7-3-6-12-16(14)15-11-5-2-1-4-10(11)8-9-13(15)23-12/h1-9H. The highest BCUT2D eigenvalue weighted by molar-refractivity contribution is 7.88. The fourth-order valence-corrected chi connectivity index (χ4v) is 3.26. The number of hydrogen-bond acceptors (Lipinski definition) is 4. The van der Waals surface area contributed by atoms with Crippen LogP contribution in [0.3, 0.4) is 0 Å². The Bertz CT molecular complexity index is 1220. The number of hydrogen-bond donors (Lipinski definition) is 0. The molecule has 0 bridgehead atoms. The molecule has 0 saturated carbocycles. The van der Waals surface area contributed by atoms with E-state index in [9.17, 15) is 21.6 Å². The third-order valence-corrected chi connectivity index (χ3v) is 4.80. The third kappa shape index (κ3) is 2.41. The van der Waals surface area contributed by atoms with Crippen molar-refractivity contribution in [2.24, 2.45) is 0 Å². The Morgan fingerprint density at radius 1 is 0.840 bits per heavy atom. The molecule has 1 aromatic heterocycles. The lowest BCUT2D eigenvalue weighted by molar-refractivity contribution is -0.0499. The fraction of sp³-hybridized carbons (Fsp3) is 0.0588. The van der Waals surface area contributed by atoms with E-state index in [2.05, 4.69) is 4.18 Å². The summed E-state index contributed by atoms with van der Waals surface area (Å²) < 4.78 is 70.9. The Morgan fingerprint density at radius 2 is 1.56 bits per heavy atom. The zero-order valence-electron chi connectivity index (χ0n) is 12.4. The van der Waals surface area contributed by atoms with Gasteiger partial charge in [-0.3, -0.25) is 0 Å². The Balaban J connectivity index is 2.08. The van der Waals surface area contributed by atoms with Gasteiger partial charge in [-0.15, -0.1) is 0 Å². The van der Waals surface area contributed by atoms with Gasteiger partial charge in [0.2, 0.25) is 0 Å². The molecule has 0 radical (unpaired) electrons. The summed E-state index contributed by atoms with van der Waals surface area (Å²) in [6.07, 6.45) is 0. The summed E-state index contributed by atoms with van der Waals surface area (Å²) in [6, 6.07) is 14.8. The van der Waals surface area contributed by atoms with Crippen molar-refractivity contribution in [2.45, 2.75) is 5.51 Å². The monoisotopic (exact) mass is 366 g/mol. The average molecular weight is 366 g/mol. The van der Waals surface area contributed by atoms with E-state index in [0.29, 0.717) is 11.0 Å². The predicted molar refractivity (Wildman–Crippen MR) is 86.8 cm³/mol. The highest BCUT2D eigenvalue weighted by Crippen LogP contribution is 2.40. The molecule has 4 aromatic rings. The molecule has 0 N–H and O–H groups in total. The topological polar surface area (TPSA) is 56.5 Å². The highest BCUT2D eigenvalue weighted by Gasteiger charge is 2.48. The molecule has 0 aliphatic heterocycles. The first-order valence-electron chi connectivity index (χ1n) is 7.12. The Labute approximate surface area is 139 Å². The summed E-state index contributed by atoms with van der Waals surface area (Å²) in [7, 11) is -5.78. The maximum atomic E-state index is 12.7. The number of rotatable bonds is 2. The van der Waals surface area contributed by atoms with Crippen LogP contribution in [0.2, 0.25) is 0 Å². The molecule has 0 aliphatic rings. The zero-order valence-corrected chi connectivity index (χ0v) is 13.2. The van der Waals surface area contributed by atoms with Gasteiger partial charge in [0.1, 0.15) is 11.2 Å².